The minimum atomic E-state index is -0.121. The molecule has 0 bridgehead atoms. The summed E-state index contributed by atoms with van der Waals surface area (Å²) in [5, 5.41) is 5.27. The number of ketones is 1. The lowest BCUT2D eigenvalue weighted by Gasteiger charge is -2.51. The Morgan fingerprint density at radius 1 is 0.875 bits per heavy atom. The van der Waals surface area contributed by atoms with E-state index in [0.29, 0.717) is 40.8 Å². The molecule has 0 atom stereocenters. The molecule has 2 amide bonds. The molecule has 1 aromatic heterocycles. The van der Waals surface area contributed by atoms with Crippen LogP contribution in [0.25, 0.3) is 0 Å². The number of nitrogens with one attached hydrogen (secondary N) is 1. The van der Waals surface area contributed by atoms with Crippen LogP contribution in [0.15, 0.2) is 66.2 Å². The van der Waals surface area contributed by atoms with Gasteiger partial charge in [-0.3, -0.25) is 19.3 Å². The Hall–Kier alpha value is -3.36. The summed E-state index contributed by atoms with van der Waals surface area (Å²) in [6.45, 7) is 2.94. The first-order chi connectivity index (χ1) is 15.6. The fourth-order valence-electron chi connectivity index (χ4n) is 4.04. The third-order valence-corrected chi connectivity index (χ3v) is 6.74. The Labute approximate surface area is 189 Å². The van der Waals surface area contributed by atoms with Crippen LogP contribution in [0.1, 0.15) is 36.1 Å². The van der Waals surface area contributed by atoms with Crippen molar-refractivity contribution in [3.05, 3.63) is 87.9 Å². The lowest BCUT2D eigenvalue weighted by molar-refractivity contribution is -0.00941. The molecule has 0 spiro atoms. The summed E-state index contributed by atoms with van der Waals surface area (Å²) in [7, 11) is 0. The Morgan fingerprint density at radius 2 is 1.53 bits per heavy atom. The van der Waals surface area contributed by atoms with Gasteiger partial charge in [0, 0.05) is 60.5 Å². The molecule has 0 aliphatic carbocycles. The van der Waals surface area contributed by atoms with E-state index >= 15 is 0 Å². The second-order valence-corrected chi connectivity index (χ2v) is 8.99. The van der Waals surface area contributed by atoms with Crippen LogP contribution < -0.4 is 5.32 Å². The second kappa shape index (κ2) is 8.64. The van der Waals surface area contributed by atoms with Crippen LogP contribution in [-0.2, 0) is 0 Å². The zero-order valence-corrected chi connectivity index (χ0v) is 18.1. The summed E-state index contributed by atoms with van der Waals surface area (Å²) >= 11 is 1.33. The molecule has 5 rings (SSSR count). The lowest BCUT2D eigenvalue weighted by atomic mass is 9.98. The number of amides is 2. The van der Waals surface area contributed by atoms with E-state index in [1.54, 1.807) is 48.0 Å². The van der Waals surface area contributed by atoms with E-state index in [2.05, 4.69) is 15.2 Å². The molecular weight excluding hydrogens is 424 g/mol. The van der Waals surface area contributed by atoms with Crippen molar-refractivity contribution in [1.82, 2.24) is 20.1 Å². The third kappa shape index (κ3) is 4.06. The van der Waals surface area contributed by atoms with E-state index in [4.69, 9.17) is 0 Å². The molecule has 162 valence electrons. The number of carbonyl (C=O) groups is 3. The van der Waals surface area contributed by atoms with Crippen LogP contribution in [0.3, 0.4) is 0 Å². The SMILES string of the molecule is O=C(c1ccccc1)c1ccc(C(=O)N2CC(N3CC(NC(=O)c4nccs4)C3)C2)cc1. The largest absolute Gasteiger partial charge is 0.345 e. The molecule has 2 aliphatic heterocycles. The maximum Gasteiger partial charge on any atom is 0.280 e. The smallest absolute Gasteiger partial charge is 0.280 e. The van der Waals surface area contributed by atoms with E-state index in [1.165, 1.54) is 11.3 Å². The van der Waals surface area contributed by atoms with Gasteiger partial charge in [0.2, 0.25) is 0 Å². The number of likely N-dealkylation sites (tertiary alicyclic amines) is 2. The number of benzene rings is 2. The third-order valence-electron chi connectivity index (χ3n) is 5.97. The van der Waals surface area contributed by atoms with Gasteiger partial charge in [0.1, 0.15) is 0 Å². The van der Waals surface area contributed by atoms with Crippen molar-refractivity contribution in [2.45, 2.75) is 12.1 Å². The van der Waals surface area contributed by atoms with Crippen molar-refractivity contribution in [2.75, 3.05) is 26.2 Å². The standard InChI is InChI=1S/C24H22N4O3S/c29-21(16-4-2-1-3-5-16)17-6-8-18(9-7-17)24(31)28-14-20(15-28)27-12-19(13-27)26-22(30)23-25-10-11-32-23/h1-11,19-20H,12-15H2,(H,26,30). The van der Waals surface area contributed by atoms with Gasteiger partial charge in [-0.15, -0.1) is 11.3 Å². The fraction of sp³-hybridized carbons (Fsp3) is 0.250. The van der Waals surface area contributed by atoms with E-state index in [9.17, 15) is 14.4 Å². The average Bonchev–Trinajstić information content (AvgIpc) is 3.31. The van der Waals surface area contributed by atoms with Crippen molar-refractivity contribution < 1.29 is 14.4 Å². The van der Waals surface area contributed by atoms with Gasteiger partial charge in [0.25, 0.3) is 11.8 Å². The van der Waals surface area contributed by atoms with Crippen LogP contribution in [0.5, 0.6) is 0 Å². The van der Waals surface area contributed by atoms with Crippen molar-refractivity contribution in [3.8, 4) is 0 Å². The highest BCUT2D eigenvalue weighted by Crippen LogP contribution is 2.23. The Kier molecular flexibility index (Phi) is 5.55. The predicted molar refractivity (Wildman–Crippen MR) is 121 cm³/mol. The van der Waals surface area contributed by atoms with Gasteiger partial charge in [-0.2, -0.15) is 0 Å². The van der Waals surface area contributed by atoms with Crippen LogP contribution >= 0.6 is 11.3 Å². The quantitative estimate of drug-likeness (QED) is 0.588. The maximum atomic E-state index is 12.8. The minimum absolute atomic E-state index is 0.0193. The van der Waals surface area contributed by atoms with Gasteiger partial charge in [-0.25, -0.2) is 4.98 Å². The van der Waals surface area contributed by atoms with Gasteiger partial charge in [-0.1, -0.05) is 42.5 Å². The Bertz CT molecular complexity index is 1120. The Balaban J connectivity index is 1.09. The number of rotatable bonds is 6. The number of carbonyl (C=O) groups excluding carboxylic acids is 3. The van der Waals surface area contributed by atoms with Crippen molar-refractivity contribution >= 4 is 28.9 Å². The van der Waals surface area contributed by atoms with Gasteiger partial charge >= 0.3 is 0 Å². The molecule has 2 fully saturated rings. The molecule has 0 unspecified atom stereocenters. The minimum Gasteiger partial charge on any atom is -0.345 e. The topological polar surface area (TPSA) is 82.6 Å². The normalized spacial score (nSPS) is 16.8. The van der Waals surface area contributed by atoms with E-state index in [0.717, 1.165) is 13.1 Å². The van der Waals surface area contributed by atoms with Crippen molar-refractivity contribution in [2.24, 2.45) is 0 Å². The molecule has 3 aromatic rings. The highest BCUT2D eigenvalue weighted by Gasteiger charge is 2.41. The molecule has 0 saturated carbocycles. The molecule has 2 saturated heterocycles. The lowest BCUT2D eigenvalue weighted by Crippen LogP contribution is -2.70. The molecule has 8 heteroatoms. The first-order valence-electron chi connectivity index (χ1n) is 10.5. The number of thiazole rings is 1. The summed E-state index contributed by atoms with van der Waals surface area (Å²) in [4.78, 5) is 45.5. The van der Waals surface area contributed by atoms with E-state index in [-0.39, 0.29) is 23.6 Å². The molecule has 7 nitrogen and oxygen atoms in total. The molecule has 2 aliphatic rings. The predicted octanol–water partition coefficient (Wildman–Crippen LogP) is 2.31. The van der Waals surface area contributed by atoms with Crippen LogP contribution in [-0.4, -0.2) is 70.6 Å². The molecule has 3 heterocycles. The summed E-state index contributed by atoms with van der Waals surface area (Å²) in [6, 6.07) is 16.4. The van der Waals surface area contributed by atoms with E-state index in [1.807, 2.05) is 23.1 Å². The molecule has 2 aromatic carbocycles. The number of hydrogen-bond acceptors (Lipinski definition) is 6. The van der Waals surface area contributed by atoms with Crippen LogP contribution in [0.2, 0.25) is 0 Å². The fourth-order valence-corrected chi connectivity index (χ4v) is 4.58. The summed E-state index contributed by atoms with van der Waals surface area (Å²) in [5.41, 5.74) is 1.79. The van der Waals surface area contributed by atoms with Crippen LogP contribution in [0.4, 0.5) is 0 Å². The van der Waals surface area contributed by atoms with Gasteiger partial charge in [-0.05, 0) is 12.1 Å². The van der Waals surface area contributed by atoms with Crippen LogP contribution in [0, 0.1) is 0 Å². The summed E-state index contributed by atoms with van der Waals surface area (Å²) in [6.07, 6.45) is 1.63. The first kappa shape index (κ1) is 20.5. The molecule has 0 radical (unpaired) electrons. The molecular formula is C24H22N4O3S. The highest BCUT2D eigenvalue weighted by atomic mass is 32.1. The van der Waals surface area contributed by atoms with Crippen molar-refractivity contribution in [3.63, 3.8) is 0 Å². The van der Waals surface area contributed by atoms with Gasteiger partial charge in [0.15, 0.2) is 10.8 Å². The number of hydrogen-bond donors (Lipinski definition) is 1. The van der Waals surface area contributed by atoms with Gasteiger partial charge in [0.05, 0.1) is 6.04 Å². The van der Waals surface area contributed by atoms with Gasteiger partial charge < -0.3 is 10.2 Å². The number of nitrogens with zero attached hydrogens (tertiary/aromatic N) is 3. The second-order valence-electron chi connectivity index (χ2n) is 8.10. The summed E-state index contributed by atoms with van der Waals surface area (Å²) in [5.74, 6) is -0.193. The van der Waals surface area contributed by atoms with Crippen molar-refractivity contribution in [1.29, 1.82) is 0 Å². The summed E-state index contributed by atoms with van der Waals surface area (Å²) < 4.78 is 0. The first-order valence-corrected chi connectivity index (χ1v) is 11.4. The highest BCUT2D eigenvalue weighted by molar-refractivity contribution is 7.11. The number of aromatic nitrogens is 1. The zero-order valence-electron chi connectivity index (χ0n) is 17.3. The molecule has 32 heavy (non-hydrogen) atoms. The average molecular weight is 447 g/mol. The maximum absolute atomic E-state index is 12.8. The Morgan fingerprint density at radius 3 is 2.19 bits per heavy atom. The van der Waals surface area contributed by atoms with E-state index < -0.39 is 0 Å². The monoisotopic (exact) mass is 446 g/mol. The zero-order chi connectivity index (χ0) is 22.1. The molecule has 1 N–H and O–H groups in total.